The van der Waals surface area contributed by atoms with Crippen LogP contribution in [0.25, 0.3) is 0 Å². The first-order valence-electron chi connectivity index (χ1n) is 5.60. The van der Waals surface area contributed by atoms with E-state index in [1.54, 1.807) is 6.07 Å². The summed E-state index contributed by atoms with van der Waals surface area (Å²) in [7, 11) is 0. The normalized spacial score (nSPS) is 11.1. The van der Waals surface area contributed by atoms with Crippen LogP contribution in [0.2, 0.25) is 0 Å². The monoisotopic (exact) mass is 258 g/mol. The second-order valence-electron chi connectivity index (χ2n) is 3.71. The largest absolute Gasteiger partial charge is 0.477 e. The van der Waals surface area contributed by atoms with E-state index < -0.39 is 11.9 Å². The average molecular weight is 258 g/mol. The molecular formula is C12H13F3N2O. The molecule has 0 spiro atoms. The molecule has 0 radical (unpaired) electrons. The van der Waals surface area contributed by atoms with Gasteiger partial charge in [0.2, 0.25) is 5.88 Å². The SMILES string of the molecule is CCCCCOc1nc(C(F)(F)F)ccc1C#N. The number of hydrogen-bond donors (Lipinski definition) is 0. The molecule has 98 valence electrons. The third kappa shape index (κ3) is 3.91. The predicted octanol–water partition coefficient (Wildman–Crippen LogP) is 3.54. The number of rotatable bonds is 5. The lowest BCUT2D eigenvalue weighted by atomic mass is 10.2. The fraction of sp³-hybridized carbons (Fsp3) is 0.500. The molecule has 0 atom stereocenters. The molecular weight excluding hydrogens is 245 g/mol. The molecule has 0 bridgehead atoms. The fourth-order valence-electron chi connectivity index (χ4n) is 1.31. The molecule has 1 aromatic heterocycles. The van der Waals surface area contributed by atoms with Gasteiger partial charge in [-0.1, -0.05) is 19.8 Å². The lowest BCUT2D eigenvalue weighted by molar-refractivity contribution is -0.141. The molecule has 0 aliphatic carbocycles. The molecule has 0 unspecified atom stereocenters. The number of hydrogen-bond acceptors (Lipinski definition) is 3. The summed E-state index contributed by atoms with van der Waals surface area (Å²) in [5.74, 6) is -0.247. The molecule has 1 aromatic rings. The van der Waals surface area contributed by atoms with E-state index in [1.165, 1.54) is 0 Å². The average Bonchev–Trinajstić information content (AvgIpc) is 2.33. The predicted molar refractivity (Wildman–Crippen MR) is 59.0 cm³/mol. The first kappa shape index (κ1) is 14.3. The van der Waals surface area contributed by atoms with Crippen LogP contribution in [-0.2, 0) is 6.18 Å². The van der Waals surface area contributed by atoms with E-state index in [0.717, 1.165) is 31.4 Å². The van der Waals surface area contributed by atoms with E-state index in [4.69, 9.17) is 10.00 Å². The summed E-state index contributed by atoms with van der Waals surface area (Å²) >= 11 is 0. The highest BCUT2D eigenvalue weighted by molar-refractivity contribution is 5.39. The van der Waals surface area contributed by atoms with Crippen molar-refractivity contribution in [3.8, 4) is 11.9 Å². The number of nitrogens with zero attached hydrogens (tertiary/aromatic N) is 2. The Hall–Kier alpha value is -1.77. The zero-order valence-corrected chi connectivity index (χ0v) is 9.92. The Balaban J connectivity index is 2.83. The van der Waals surface area contributed by atoms with E-state index in [2.05, 4.69) is 4.98 Å². The van der Waals surface area contributed by atoms with Crippen LogP contribution in [0.1, 0.15) is 37.4 Å². The maximum atomic E-state index is 12.4. The smallest absolute Gasteiger partial charge is 0.433 e. The van der Waals surface area contributed by atoms with Crippen molar-refractivity contribution in [2.24, 2.45) is 0 Å². The van der Waals surface area contributed by atoms with Gasteiger partial charge in [0.05, 0.1) is 6.61 Å². The number of unbranched alkanes of at least 4 members (excludes halogenated alkanes) is 2. The van der Waals surface area contributed by atoms with Crippen LogP contribution in [-0.4, -0.2) is 11.6 Å². The summed E-state index contributed by atoms with van der Waals surface area (Å²) < 4.78 is 42.5. The Morgan fingerprint density at radius 3 is 2.61 bits per heavy atom. The van der Waals surface area contributed by atoms with E-state index in [0.29, 0.717) is 0 Å². The third-order valence-corrected chi connectivity index (χ3v) is 2.26. The summed E-state index contributed by atoms with van der Waals surface area (Å²) in [6.07, 6.45) is -1.92. The number of ether oxygens (including phenoxy) is 1. The van der Waals surface area contributed by atoms with E-state index in [9.17, 15) is 13.2 Å². The maximum Gasteiger partial charge on any atom is 0.433 e. The summed E-state index contributed by atoms with van der Waals surface area (Å²) in [5, 5.41) is 8.76. The lowest BCUT2D eigenvalue weighted by Crippen LogP contribution is -2.10. The highest BCUT2D eigenvalue weighted by Gasteiger charge is 2.33. The number of nitriles is 1. The lowest BCUT2D eigenvalue weighted by Gasteiger charge is -2.10. The van der Waals surface area contributed by atoms with Gasteiger partial charge in [-0.05, 0) is 18.6 Å². The van der Waals surface area contributed by atoms with Crippen molar-refractivity contribution >= 4 is 0 Å². The highest BCUT2D eigenvalue weighted by Crippen LogP contribution is 2.30. The second kappa shape index (κ2) is 6.24. The molecule has 0 aliphatic heterocycles. The van der Waals surface area contributed by atoms with Gasteiger partial charge in [-0.15, -0.1) is 0 Å². The van der Waals surface area contributed by atoms with Gasteiger partial charge in [-0.3, -0.25) is 0 Å². The van der Waals surface area contributed by atoms with Crippen LogP contribution < -0.4 is 4.74 Å². The molecule has 0 amide bonds. The van der Waals surface area contributed by atoms with E-state index in [1.807, 2.05) is 6.92 Å². The van der Waals surface area contributed by atoms with Gasteiger partial charge in [0.25, 0.3) is 0 Å². The van der Waals surface area contributed by atoms with Crippen LogP contribution in [0.5, 0.6) is 5.88 Å². The molecule has 0 saturated carbocycles. The summed E-state index contributed by atoms with van der Waals surface area (Å²) in [4.78, 5) is 3.34. The fourth-order valence-corrected chi connectivity index (χ4v) is 1.31. The Labute approximate surface area is 103 Å². The number of aromatic nitrogens is 1. The number of pyridine rings is 1. The molecule has 1 heterocycles. The van der Waals surface area contributed by atoms with Crippen LogP contribution in [0.3, 0.4) is 0 Å². The minimum absolute atomic E-state index is 0.0134. The molecule has 0 aliphatic rings. The molecule has 6 heteroatoms. The topological polar surface area (TPSA) is 45.9 Å². The van der Waals surface area contributed by atoms with Crippen molar-refractivity contribution in [3.05, 3.63) is 23.4 Å². The van der Waals surface area contributed by atoms with Gasteiger partial charge in [0.15, 0.2) is 0 Å². The molecule has 18 heavy (non-hydrogen) atoms. The van der Waals surface area contributed by atoms with Crippen LogP contribution >= 0.6 is 0 Å². The van der Waals surface area contributed by atoms with Crippen LogP contribution in [0, 0.1) is 11.3 Å². The quantitative estimate of drug-likeness (QED) is 0.759. The molecule has 0 fully saturated rings. The maximum absolute atomic E-state index is 12.4. The van der Waals surface area contributed by atoms with Gasteiger partial charge < -0.3 is 4.74 Å². The minimum atomic E-state index is -4.53. The second-order valence-corrected chi connectivity index (χ2v) is 3.71. The number of alkyl halides is 3. The molecule has 0 saturated heterocycles. The van der Waals surface area contributed by atoms with Crippen LogP contribution in [0.4, 0.5) is 13.2 Å². The van der Waals surface area contributed by atoms with Gasteiger partial charge in [-0.25, -0.2) is 4.98 Å². The molecule has 3 nitrogen and oxygen atoms in total. The molecule has 0 N–H and O–H groups in total. The van der Waals surface area contributed by atoms with E-state index in [-0.39, 0.29) is 18.1 Å². The zero-order chi connectivity index (χ0) is 13.6. The Morgan fingerprint density at radius 2 is 2.06 bits per heavy atom. The van der Waals surface area contributed by atoms with Gasteiger partial charge in [-0.2, -0.15) is 18.4 Å². The van der Waals surface area contributed by atoms with Crippen molar-refractivity contribution in [3.63, 3.8) is 0 Å². The Morgan fingerprint density at radius 1 is 1.33 bits per heavy atom. The van der Waals surface area contributed by atoms with Gasteiger partial charge in [0.1, 0.15) is 17.3 Å². The van der Waals surface area contributed by atoms with Crippen molar-refractivity contribution < 1.29 is 17.9 Å². The Kier molecular flexibility index (Phi) is 4.95. The van der Waals surface area contributed by atoms with Crippen molar-refractivity contribution in [1.29, 1.82) is 5.26 Å². The van der Waals surface area contributed by atoms with Crippen LogP contribution in [0.15, 0.2) is 12.1 Å². The van der Waals surface area contributed by atoms with Crippen molar-refractivity contribution in [2.45, 2.75) is 32.4 Å². The Bertz CT molecular complexity index is 438. The van der Waals surface area contributed by atoms with Crippen molar-refractivity contribution in [1.82, 2.24) is 4.98 Å². The highest BCUT2D eigenvalue weighted by atomic mass is 19.4. The van der Waals surface area contributed by atoms with E-state index >= 15 is 0 Å². The summed E-state index contributed by atoms with van der Waals surface area (Å²) in [6, 6.07) is 3.61. The standard InChI is InChI=1S/C12H13F3N2O/c1-2-3-4-7-18-11-9(8-16)5-6-10(17-11)12(13,14)15/h5-6H,2-4,7H2,1H3. The summed E-state index contributed by atoms with van der Waals surface area (Å²) in [6.45, 7) is 2.26. The van der Waals surface area contributed by atoms with Gasteiger partial charge >= 0.3 is 6.18 Å². The first-order chi connectivity index (χ1) is 8.49. The zero-order valence-electron chi connectivity index (χ0n) is 9.92. The van der Waals surface area contributed by atoms with Gasteiger partial charge in [0, 0.05) is 0 Å². The molecule has 0 aromatic carbocycles. The first-order valence-corrected chi connectivity index (χ1v) is 5.60. The third-order valence-electron chi connectivity index (χ3n) is 2.26. The van der Waals surface area contributed by atoms with Crippen molar-refractivity contribution in [2.75, 3.05) is 6.61 Å². The summed E-state index contributed by atoms with van der Waals surface area (Å²) in [5.41, 5.74) is -1.04. The minimum Gasteiger partial charge on any atom is -0.477 e. The number of halogens is 3. The molecule has 1 rings (SSSR count).